The lowest BCUT2D eigenvalue weighted by atomic mass is 9.79. The molecular formula is C13H15NO3. The van der Waals surface area contributed by atoms with Gasteiger partial charge in [0.15, 0.2) is 6.10 Å². The van der Waals surface area contributed by atoms with Crippen LogP contribution in [0.5, 0.6) is 0 Å². The minimum atomic E-state index is -1.42. The number of aromatic nitrogens is 1. The number of carbonyl (C=O) groups is 1. The first kappa shape index (κ1) is 11.7. The summed E-state index contributed by atoms with van der Waals surface area (Å²) in [5.41, 5.74) is 0.978. The van der Waals surface area contributed by atoms with Gasteiger partial charge in [0.1, 0.15) is 0 Å². The second-order valence-corrected chi connectivity index (χ2v) is 4.74. The predicted octanol–water partition coefficient (Wildman–Crippen LogP) is 1.89. The summed E-state index contributed by atoms with van der Waals surface area (Å²) in [7, 11) is 0. The largest absolute Gasteiger partial charge is 0.479 e. The minimum Gasteiger partial charge on any atom is -0.479 e. The minimum absolute atomic E-state index is 0.805. The van der Waals surface area contributed by atoms with Crippen molar-refractivity contribution in [2.24, 2.45) is 0 Å². The maximum Gasteiger partial charge on any atom is 0.333 e. The molecule has 1 atom stereocenters. The van der Waals surface area contributed by atoms with Crippen molar-refractivity contribution in [2.75, 3.05) is 0 Å². The summed E-state index contributed by atoms with van der Waals surface area (Å²) in [5, 5.41) is 19.6. The van der Waals surface area contributed by atoms with Gasteiger partial charge in [0.05, 0.1) is 0 Å². The van der Waals surface area contributed by atoms with Crippen LogP contribution in [0.3, 0.4) is 0 Å². The molecule has 1 aromatic heterocycles. The van der Waals surface area contributed by atoms with Crippen LogP contribution in [0.25, 0.3) is 10.9 Å². The number of aliphatic hydroxyl groups is 1. The number of aliphatic carboxylic acids is 1. The van der Waals surface area contributed by atoms with Gasteiger partial charge in [-0.1, -0.05) is 19.9 Å². The third-order valence-corrected chi connectivity index (χ3v) is 3.21. The Morgan fingerprint density at radius 1 is 1.35 bits per heavy atom. The Morgan fingerprint density at radius 3 is 2.71 bits per heavy atom. The van der Waals surface area contributed by atoms with Crippen LogP contribution < -0.4 is 0 Å². The van der Waals surface area contributed by atoms with E-state index in [0.717, 1.165) is 16.5 Å². The molecule has 0 aliphatic heterocycles. The summed E-state index contributed by atoms with van der Waals surface area (Å²) in [6.07, 6.45) is 0.411. The number of fused-ring (bicyclic) bond motifs is 1. The summed E-state index contributed by atoms with van der Waals surface area (Å²) in [6.45, 7) is 3.44. The number of rotatable bonds is 3. The average Bonchev–Trinajstić information content (AvgIpc) is 2.74. The second kappa shape index (κ2) is 3.89. The molecule has 0 bridgehead atoms. The number of hydrogen-bond acceptors (Lipinski definition) is 2. The van der Waals surface area contributed by atoms with Crippen LogP contribution in [0.1, 0.15) is 19.4 Å². The molecule has 0 aliphatic carbocycles. The molecule has 1 aromatic carbocycles. The summed E-state index contributed by atoms with van der Waals surface area (Å²) in [6, 6.07) is 7.55. The van der Waals surface area contributed by atoms with E-state index in [1.165, 1.54) is 0 Å². The van der Waals surface area contributed by atoms with Gasteiger partial charge in [-0.2, -0.15) is 0 Å². The van der Waals surface area contributed by atoms with Crippen molar-refractivity contribution < 1.29 is 15.0 Å². The number of nitrogens with one attached hydrogen (secondary N) is 1. The Hall–Kier alpha value is -1.81. The highest BCUT2D eigenvalue weighted by Gasteiger charge is 2.35. The lowest BCUT2D eigenvalue weighted by Crippen LogP contribution is -2.39. The normalized spacial score (nSPS) is 13.8. The van der Waals surface area contributed by atoms with E-state index in [1.807, 2.05) is 30.5 Å². The van der Waals surface area contributed by atoms with Crippen LogP contribution in [0.15, 0.2) is 30.5 Å². The van der Waals surface area contributed by atoms with Crippen LogP contribution in [0.2, 0.25) is 0 Å². The van der Waals surface area contributed by atoms with Gasteiger partial charge >= 0.3 is 5.97 Å². The zero-order valence-electron chi connectivity index (χ0n) is 9.77. The van der Waals surface area contributed by atoms with Crippen LogP contribution in [0.4, 0.5) is 0 Å². The molecule has 2 rings (SSSR count). The Kier molecular flexibility index (Phi) is 2.67. The Labute approximate surface area is 98.9 Å². The second-order valence-electron chi connectivity index (χ2n) is 4.74. The molecule has 0 spiro atoms. The van der Waals surface area contributed by atoms with Crippen molar-refractivity contribution >= 4 is 16.9 Å². The van der Waals surface area contributed by atoms with E-state index in [4.69, 9.17) is 5.11 Å². The third-order valence-electron chi connectivity index (χ3n) is 3.21. The summed E-state index contributed by atoms with van der Waals surface area (Å²) >= 11 is 0. The topological polar surface area (TPSA) is 73.3 Å². The fourth-order valence-corrected chi connectivity index (χ4v) is 1.92. The molecule has 0 aliphatic rings. The monoisotopic (exact) mass is 233 g/mol. The maximum atomic E-state index is 10.9. The summed E-state index contributed by atoms with van der Waals surface area (Å²) < 4.78 is 0. The molecule has 17 heavy (non-hydrogen) atoms. The average molecular weight is 233 g/mol. The molecule has 0 amide bonds. The zero-order valence-corrected chi connectivity index (χ0v) is 9.77. The van der Waals surface area contributed by atoms with Crippen molar-refractivity contribution in [3.8, 4) is 0 Å². The SMILES string of the molecule is CC(C)(c1ccc2[nH]ccc2c1)C(O)C(=O)O. The van der Waals surface area contributed by atoms with Crippen molar-refractivity contribution in [1.82, 2.24) is 4.98 Å². The Bertz CT molecular complexity index is 557. The molecule has 4 nitrogen and oxygen atoms in total. The van der Waals surface area contributed by atoms with Crippen molar-refractivity contribution in [2.45, 2.75) is 25.4 Å². The third kappa shape index (κ3) is 1.91. The van der Waals surface area contributed by atoms with E-state index < -0.39 is 17.5 Å². The first-order valence-corrected chi connectivity index (χ1v) is 5.41. The molecule has 90 valence electrons. The molecule has 4 heteroatoms. The van der Waals surface area contributed by atoms with Gasteiger partial charge in [-0.25, -0.2) is 4.79 Å². The molecule has 0 saturated heterocycles. The predicted molar refractivity (Wildman–Crippen MR) is 65.0 cm³/mol. The van der Waals surface area contributed by atoms with Gasteiger partial charge < -0.3 is 15.2 Å². The van der Waals surface area contributed by atoms with Gasteiger partial charge in [-0.15, -0.1) is 0 Å². The van der Waals surface area contributed by atoms with Crippen LogP contribution in [0, 0.1) is 0 Å². The van der Waals surface area contributed by atoms with E-state index in [1.54, 1.807) is 13.8 Å². The van der Waals surface area contributed by atoms with Crippen molar-refractivity contribution in [3.63, 3.8) is 0 Å². The maximum absolute atomic E-state index is 10.9. The number of aromatic amines is 1. The molecule has 3 N–H and O–H groups in total. The lowest BCUT2D eigenvalue weighted by Gasteiger charge is -2.28. The lowest BCUT2D eigenvalue weighted by molar-refractivity contribution is -0.150. The summed E-state index contributed by atoms with van der Waals surface area (Å²) in [4.78, 5) is 13.9. The van der Waals surface area contributed by atoms with Crippen LogP contribution in [-0.2, 0) is 10.2 Å². The fourth-order valence-electron chi connectivity index (χ4n) is 1.92. The van der Waals surface area contributed by atoms with Gasteiger partial charge in [0.25, 0.3) is 0 Å². The molecule has 2 aromatic rings. The number of carboxylic acid groups (broad SMARTS) is 1. The Morgan fingerprint density at radius 2 is 2.06 bits per heavy atom. The molecular weight excluding hydrogens is 218 g/mol. The van der Waals surface area contributed by atoms with Gasteiger partial charge in [-0.3, -0.25) is 0 Å². The zero-order chi connectivity index (χ0) is 12.6. The van der Waals surface area contributed by atoms with E-state index in [2.05, 4.69) is 4.98 Å². The first-order valence-electron chi connectivity index (χ1n) is 5.41. The highest BCUT2D eigenvalue weighted by Crippen LogP contribution is 2.29. The van der Waals surface area contributed by atoms with Crippen molar-refractivity contribution in [3.05, 3.63) is 36.0 Å². The van der Waals surface area contributed by atoms with Gasteiger partial charge in [0.2, 0.25) is 0 Å². The van der Waals surface area contributed by atoms with E-state index in [-0.39, 0.29) is 0 Å². The molecule has 0 fully saturated rings. The molecule has 1 heterocycles. The van der Waals surface area contributed by atoms with E-state index in [0.29, 0.717) is 0 Å². The van der Waals surface area contributed by atoms with Gasteiger partial charge in [-0.05, 0) is 29.1 Å². The number of benzene rings is 1. The Balaban J connectivity index is 2.47. The standard InChI is InChI=1S/C13H15NO3/c1-13(2,11(15)12(16)17)9-3-4-10-8(7-9)5-6-14-10/h3-7,11,14-15H,1-2H3,(H,16,17). The highest BCUT2D eigenvalue weighted by atomic mass is 16.4. The van der Waals surface area contributed by atoms with E-state index in [9.17, 15) is 9.90 Å². The number of hydrogen-bond donors (Lipinski definition) is 3. The quantitative estimate of drug-likeness (QED) is 0.758. The summed E-state index contributed by atoms with van der Waals surface area (Å²) in [5.74, 6) is -1.20. The highest BCUT2D eigenvalue weighted by molar-refractivity contribution is 5.81. The number of H-pyrrole nitrogens is 1. The fraction of sp³-hybridized carbons (Fsp3) is 0.308. The van der Waals surface area contributed by atoms with Crippen LogP contribution >= 0.6 is 0 Å². The molecule has 1 unspecified atom stereocenters. The smallest absolute Gasteiger partial charge is 0.333 e. The van der Waals surface area contributed by atoms with Crippen molar-refractivity contribution in [1.29, 1.82) is 0 Å². The van der Waals surface area contributed by atoms with Gasteiger partial charge in [0, 0.05) is 17.1 Å². The van der Waals surface area contributed by atoms with Crippen LogP contribution in [-0.4, -0.2) is 27.3 Å². The molecule has 0 radical (unpaired) electrons. The van der Waals surface area contributed by atoms with E-state index >= 15 is 0 Å². The number of carboxylic acids is 1. The molecule has 0 saturated carbocycles. The number of aliphatic hydroxyl groups excluding tert-OH is 1. The first-order chi connectivity index (χ1) is 7.93.